The predicted octanol–water partition coefficient (Wildman–Crippen LogP) is 2.47. The van der Waals surface area contributed by atoms with Gasteiger partial charge in [0.1, 0.15) is 17.6 Å². The molecule has 2 rings (SSSR count). The third-order valence-corrected chi connectivity index (χ3v) is 3.89. The summed E-state index contributed by atoms with van der Waals surface area (Å²) in [5.74, 6) is -1.92. The van der Waals surface area contributed by atoms with Crippen molar-refractivity contribution in [2.45, 2.75) is 25.8 Å². The highest BCUT2D eigenvalue weighted by molar-refractivity contribution is 7.09. The Bertz CT molecular complexity index is 687. The van der Waals surface area contributed by atoms with Crippen LogP contribution in [-0.2, 0) is 11.2 Å². The number of aromatic nitrogens is 1. The zero-order valence-electron chi connectivity index (χ0n) is 11.9. The van der Waals surface area contributed by atoms with Gasteiger partial charge in [-0.25, -0.2) is 14.2 Å². The van der Waals surface area contributed by atoms with Gasteiger partial charge >= 0.3 is 5.97 Å². The minimum atomic E-state index is -1.08. The lowest BCUT2D eigenvalue weighted by atomic mass is 10.1. The first-order chi connectivity index (χ1) is 10.5. The van der Waals surface area contributed by atoms with Gasteiger partial charge in [0.05, 0.1) is 5.01 Å². The van der Waals surface area contributed by atoms with Crippen LogP contribution in [-0.4, -0.2) is 28.0 Å². The van der Waals surface area contributed by atoms with E-state index < -0.39 is 17.9 Å². The van der Waals surface area contributed by atoms with Crippen molar-refractivity contribution in [3.63, 3.8) is 0 Å². The molecule has 0 saturated heterocycles. The van der Waals surface area contributed by atoms with Crippen LogP contribution in [0.25, 0.3) is 0 Å². The van der Waals surface area contributed by atoms with Crippen LogP contribution in [0.3, 0.4) is 0 Å². The van der Waals surface area contributed by atoms with Crippen molar-refractivity contribution in [2.24, 2.45) is 0 Å². The Morgan fingerprint density at radius 1 is 1.45 bits per heavy atom. The molecule has 22 heavy (non-hydrogen) atoms. The molecule has 0 spiro atoms. The van der Waals surface area contributed by atoms with Crippen LogP contribution in [0.4, 0.5) is 4.39 Å². The van der Waals surface area contributed by atoms with Gasteiger partial charge in [0.15, 0.2) is 0 Å². The van der Waals surface area contributed by atoms with Crippen LogP contribution in [0, 0.1) is 5.82 Å². The first-order valence-corrected chi connectivity index (χ1v) is 7.60. The maximum Gasteiger partial charge on any atom is 0.326 e. The molecule has 0 fully saturated rings. The van der Waals surface area contributed by atoms with Crippen molar-refractivity contribution in [1.29, 1.82) is 0 Å². The van der Waals surface area contributed by atoms with Crippen molar-refractivity contribution in [3.8, 4) is 0 Å². The molecule has 1 unspecified atom stereocenters. The van der Waals surface area contributed by atoms with Gasteiger partial charge in [-0.05, 0) is 24.1 Å². The smallest absolute Gasteiger partial charge is 0.326 e. The van der Waals surface area contributed by atoms with Gasteiger partial charge in [0, 0.05) is 11.8 Å². The summed E-state index contributed by atoms with van der Waals surface area (Å²) in [7, 11) is 0. The summed E-state index contributed by atoms with van der Waals surface area (Å²) < 4.78 is 13.1. The van der Waals surface area contributed by atoms with Crippen LogP contribution >= 0.6 is 11.3 Å². The molecule has 0 bridgehead atoms. The monoisotopic (exact) mass is 322 g/mol. The van der Waals surface area contributed by atoms with E-state index in [1.165, 1.54) is 23.5 Å². The van der Waals surface area contributed by atoms with E-state index in [2.05, 4.69) is 10.3 Å². The Morgan fingerprint density at radius 3 is 2.86 bits per heavy atom. The van der Waals surface area contributed by atoms with Gasteiger partial charge < -0.3 is 10.4 Å². The molecule has 2 N–H and O–H groups in total. The van der Waals surface area contributed by atoms with Crippen molar-refractivity contribution >= 4 is 23.2 Å². The van der Waals surface area contributed by atoms with E-state index in [1.807, 2.05) is 0 Å². The fourth-order valence-corrected chi connectivity index (χ4v) is 2.70. The molecule has 0 radical (unpaired) electrons. The maximum absolute atomic E-state index is 13.1. The number of carbonyl (C=O) groups excluding carboxylic acids is 1. The lowest BCUT2D eigenvalue weighted by molar-refractivity contribution is -0.139. The van der Waals surface area contributed by atoms with Gasteiger partial charge in [-0.15, -0.1) is 11.3 Å². The third kappa shape index (κ3) is 4.11. The highest BCUT2D eigenvalue weighted by Gasteiger charge is 2.20. The summed E-state index contributed by atoms with van der Waals surface area (Å²) in [6.45, 7) is 1.68. The number of thiazole rings is 1. The summed E-state index contributed by atoms with van der Waals surface area (Å²) >= 11 is 1.28. The molecule has 0 aliphatic heterocycles. The largest absolute Gasteiger partial charge is 0.480 e. The normalized spacial score (nSPS) is 11.9. The maximum atomic E-state index is 13.1. The van der Waals surface area contributed by atoms with Crippen LogP contribution in [0.5, 0.6) is 0 Å². The lowest BCUT2D eigenvalue weighted by Gasteiger charge is -2.10. The van der Waals surface area contributed by atoms with E-state index in [4.69, 9.17) is 5.11 Å². The minimum Gasteiger partial charge on any atom is -0.480 e. The number of nitrogens with zero attached hydrogens (tertiary/aromatic N) is 1. The average molecular weight is 322 g/mol. The van der Waals surface area contributed by atoms with E-state index in [9.17, 15) is 14.0 Å². The summed E-state index contributed by atoms with van der Waals surface area (Å²) in [6, 6.07) is 5.24. The molecular formula is C15H15FN2O3S. The molecule has 1 aromatic carbocycles. The van der Waals surface area contributed by atoms with Gasteiger partial charge in [-0.1, -0.05) is 19.1 Å². The van der Waals surface area contributed by atoms with Gasteiger partial charge in [-0.3, -0.25) is 4.79 Å². The topological polar surface area (TPSA) is 79.3 Å². The van der Waals surface area contributed by atoms with Crippen molar-refractivity contribution in [1.82, 2.24) is 10.3 Å². The first kappa shape index (κ1) is 16.1. The SMILES string of the molecule is CCC(NC(=O)c1csc(Cc2cccc(F)c2)n1)C(=O)O. The number of hydrogen-bond acceptors (Lipinski definition) is 4. The molecule has 1 aromatic heterocycles. The summed E-state index contributed by atoms with van der Waals surface area (Å²) in [5.41, 5.74) is 0.939. The highest BCUT2D eigenvalue weighted by Crippen LogP contribution is 2.16. The summed E-state index contributed by atoms with van der Waals surface area (Å²) in [4.78, 5) is 27.0. The van der Waals surface area contributed by atoms with E-state index in [1.54, 1.807) is 24.4 Å². The second-order valence-corrected chi connectivity index (χ2v) is 5.65. The average Bonchev–Trinajstić information content (AvgIpc) is 2.92. The van der Waals surface area contributed by atoms with E-state index in [-0.39, 0.29) is 11.5 Å². The highest BCUT2D eigenvalue weighted by atomic mass is 32.1. The molecule has 0 aliphatic rings. The molecule has 1 heterocycles. The number of rotatable bonds is 6. The molecule has 2 aromatic rings. The zero-order valence-corrected chi connectivity index (χ0v) is 12.7. The molecular weight excluding hydrogens is 307 g/mol. The second kappa shape index (κ2) is 7.13. The molecule has 7 heteroatoms. The molecule has 1 atom stereocenters. The van der Waals surface area contributed by atoms with Gasteiger partial charge in [-0.2, -0.15) is 0 Å². The fourth-order valence-electron chi connectivity index (χ4n) is 1.89. The minimum absolute atomic E-state index is 0.177. The zero-order chi connectivity index (χ0) is 16.1. The summed E-state index contributed by atoms with van der Waals surface area (Å²) in [6.07, 6.45) is 0.715. The number of halogens is 1. The van der Waals surface area contributed by atoms with Crippen molar-refractivity contribution < 1.29 is 19.1 Å². The van der Waals surface area contributed by atoms with Gasteiger partial charge in [0.2, 0.25) is 0 Å². The third-order valence-electron chi connectivity index (χ3n) is 3.04. The lowest BCUT2D eigenvalue weighted by Crippen LogP contribution is -2.40. The molecule has 0 aliphatic carbocycles. The van der Waals surface area contributed by atoms with Gasteiger partial charge in [0.25, 0.3) is 5.91 Å². The first-order valence-electron chi connectivity index (χ1n) is 6.72. The number of carbonyl (C=O) groups is 2. The van der Waals surface area contributed by atoms with Crippen LogP contribution < -0.4 is 5.32 Å². The van der Waals surface area contributed by atoms with Crippen LogP contribution in [0.1, 0.15) is 34.4 Å². The van der Waals surface area contributed by atoms with Crippen LogP contribution in [0.2, 0.25) is 0 Å². The number of carboxylic acids is 1. The standard InChI is InChI=1S/C15H15FN2O3S/c1-2-11(15(20)21)18-14(19)12-8-22-13(17-12)7-9-4-3-5-10(16)6-9/h3-6,8,11H,2,7H2,1H3,(H,18,19)(H,20,21). The van der Waals surface area contributed by atoms with E-state index >= 15 is 0 Å². The Morgan fingerprint density at radius 2 is 2.23 bits per heavy atom. The predicted molar refractivity (Wildman–Crippen MR) is 80.5 cm³/mol. The number of carboxylic acid groups (broad SMARTS) is 1. The van der Waals surface area contributed by atoms with Crippen molar-refractivity contribution in [2.75, 3.05) is 0 Å². The molecule has 5 nitrogen and oxygen atoms in total. The van der Waals surface area contributed by atoms with Crippen LogP contribution in [0.15, 0.2) is 29.6 Å². The fraction of sp³-hybridized carbons (Fsp3) is 0.267. The van der Waals surface area contributed by atoms with E-state index in [0.717, 1.165) is 5.56 Å². The number of hydrogen-bond donors (Lipinski definition) is 2. The molecule has 1 amide bonds. The number of benzene rings is 1. The Labute approximate surface area is 130 Å². The summed E-state index contributed by atoms with van der Waals surface area (Å²) in [5, 5.41) is 13.6. The Kier molecular flexibility index (Phi) is 5.21. The quantitative estimate of drug-likeness (QED) is 0.856. The number of nitrogens with one attached hydrogen (secondary N) is 1. The van der Waals surface area contributed by atoms with Crippen molar-refractivity contribution in [3.05, 3.63) is 51.7 Å². The Balaban J connectivity index is 2.04. The number of amides is 1. The van der Waals surface area contributed by atoms with E-state index in [0.29, 0.717) is 17.8 Å². The second-order valence-electron chi connectivity index (χ2n) is 4.71. The number of aliphatic carboxylic acids is 1. The Hall–Kier alpha value is -2.28. The molecule has 0 saturated carbocycles. The molecule has 116 valence electrons.